The van der Waals surface area contributed by atoms with Crippen LogP contribution in [0.3, 0.4) is 0 Å². The van der Waals surface area contributed by atoms with Gasteiger partial charge in [-0.1, -0.05) is 72.9 Å². The summed E-state index contributed by atoms with van der Waals surface area (Å²) in [7, 11) is 0. The van der Waals surface area contributed by atoms with E-state index in [0.717, 1.165) is 0 Å². The Morgan fingerprint density at radius 1 is 0.895 bits per heavy atom. The molecule has 19 heavy (non-hydrogen) atoms. The first-order valence-corrected chi connectivity index (χ1v) is 6.56. The summed E-state index contributed by atoms with van der Waals surface area (Å²) in [4.78, 5) is 0. The zero-order valence-electron chi connectivity index (χ0n) is 10.5. The van der Waals surface area contributed by atoms with Crippen LogP contribution in [0.1, 0.15) is 0 Å². The summed E-state index contributed by atoms with van der Waals surface area (Å²) < 4.78 is 0. The lowest BCUT2D eigenvalue weighted by Crippen LogP contribution is -2.38. The lowest BCUT2D eigenvalue weighted by molar-refractivity contribution is 0.797. The number of fused-ring (bicyclic) bond motifs is 1. The van der Waals surface area contributed by atoms with Gasteiger partial charge in [0.25, 0.3) is 0 Å². The number of hydrogen-bond donors (Lipinski definition) is 0. The summed E-state index contributed by atoms with van der Waals surface area (Å²) in [5, 5.41) is 2.56. The van der Waals surface area contributed by atoms with Crippen LogP contribution >= 0.6 is 0 Å². The second kappa shape index (κ2) is 3.83. The molecule has 1 aromatic rings. The van der Waals surface area contributed by atoms with Crippen LogP contribution in [-0.2, 0) is 0 Å². The molecule has 3 aliphatic carbocycles. The van der Waals surface area contributed by atoms with Crippen LogP contribution in [0.15, 0.2) is 78.4 Å². The minimum atomic E-state index is -0.146. The van der Waals surface area contributed by atoms with Gasteiger partial charge in [0.15, 0.2) is 0 Å². The maximum atomic E-state index is 3.46. The average molecular weight is 241 g/mol. The lowest BCUT2D eigenvalue weighted by atomic mass is 9.68. The van der Waals surface area contributed by atoms with E-state index < -0.39 is 0 Å². The van der Waals surface area contributed by atoms with Crippen molar-refractivity contribution < 1.29 is 0 Å². The molecule has 0 amide bonds. The van der Waals surface area contributed by atoms with Crippen LogP contribution in [0.25, 0.3) is 11.6 Å². The van der Waals surface area contributed by atoms with Crippen molar-refractivity contribution in [3.8, 4) is 0 Å². The second-order valence-corrected chi connectivity index (χ2v) is 5.01. The van der Waals surface area contributed by atoms with Gasteiger partial charge in [-0.05, 0) is 33.7 Å². The first-order chi connectivity index (χ1) is 9.40. The smallest absolute Gasteiger partial charge is 0.0581 e. The van der Waals surface area contributed by atoms with E-state index in [1.807, 2.05) is 6.08 Å². The maximum Gasteiger partial charge on any atom is 0.0581 e. The van der Waals surface area contributed by atoms with E-state index >= 15 is 0 Å². The molecule has 0 heterocycles. The van der Waals surface area contributed by atoms with Gasteiger partial charge in [-0.3, -0.25) is 0 Å². The van der Waals surface area contributed by atoms with Crippen molar-refractivity contribution in [2.75, 3.05) is 0 Å². The van der Waals surface area contributed by atoms with Crippen LogP contribution in [0.2, 0.25) is 0 Å². The highest BCUT2D eigenvalue weighted by Gasteiger charge is 2.34. The third kappa shape index (κ3) is 1.40. The lowest BCUT2D eigenvalue weighted by Gasteiger charge is -2.34. The fourth-order valence-corrected chi connectivity index (χ4v) is 3.06. The predicted molar refractivity (Wildman–Crippen MR) is 79.3 cm³/mol. The molecule has 1 atom stereocenters. The normalized spacial score (nSPS) is 25.9. The topological polar surface area (TPSA) is 0 Å². The molecular formula is C19H13. The summed E-state index contributed by atoms with van der Waals surface area (Å²) in [5.74, 6) is 0. The Balaban J connectivity index is 2.21. The molecule has 0 heteroatoms. The molecule has 1 radical (unpaired) electrons. The summed E-state index contributed by atoms with van der Waals surface area (Å²) in [6, 6.07) is 8.55. The first-order valence-electron chi connectivity index (χ1n) is 6.56. The van der Waals surface area contributed by atoms with Gasteiger partial charge in [-0.25, -0.2) is 0 Å². The fourth-order valence-electron chi connectivity index (χ4n) is 3.06. The molecule has 1 unspecified atom stereocenters. The zero-order chi connectivity index (χ0) is 12.7. The highest BCUT2D eigenvalue weighted by atomic mass is 14.4. The van der Waals surface area contributed by atoms with Crippen LogP contribution < -0.4 is 10.4 Å². The van der Waals surface area contributed by atoms with Gasteiger partial charge >= 0.3 is 0 Å². The molecule has 0 fully saturated rings. The van der Waals surface area contributed by atoms with Crippen LogP contribution in [-0.4, -0.2) is 0 Å². The first kappa shape index (κ1) is 10.6. The summed E-state index contributed by atoms with van der Waals surface area (Å²) >= 11 is 0. The van der Waals surface area contributed by atoms with Gasteiger partial charge in [0.2, 0.25) is 0 Å². The van der Waals surface area contributed by atoms with E-state index in [2.05, 4.69) is 78.9 Å². The van der Waals surface area contributed by atoms with Gasteiger partial charge in [0.1, 0.15) is 0 Å². The predicted octanol–water partition coefficient (Wildman–Crippen LogP) is 2.60. The molecule has 1 aromatic carbocycles. The van der Waals surface area contributed by atoms with Crippen LogP contribution in [0.5, 0.6) is 0 Å². The molecule has 0 aliphatic heterocycles. The van der Waals surface area contributed by atoms with E-state index in [1.165, 1.54) is 21.6 Å². The number of benzene rings is 1. The van der Waals surface area contributed by atoms with Crippen molar-refractivity contribution >= 4 is 11.6 Å². The third-order valence-electron chi connectivity index (χ3n) is 3.97. The van der Waals surface area contributed by atoms with Crippen molar-refractivity contribution in [3.63, 3.8) is 0 Å². The zero-order valence-corrected chi connectivity index (χ0v) is 10.5. The molecule has 4 rings (SSSR count). The minimum Gasteiger partial charge on any atom is -0.0658 e. The van der Waals surface area contributed by atoms with E-state index in [-0.39, 0.29) is 5.41 Å². The molecule has 0 saturated heterocycles. The molecule has 0 saturated carbocycles. The summed E-state index contributed by atoms with van der Waals surface area (Å²) in [6.07, 6.45) is 22.9. The third-order valence-corrected chi connectivity index (χ3v) is 3.97. The fraction of sp³-hybridized carbons (Fsp3) is 0.0526. The van der Waals surface area contributed by atoms with E-state index in [0.29, 0.717) is 0 Å². The van der Waals surface area contributed by atoms with Crippen LogP contribution in [0, 0.1) is 11.5 Å². The molecule has 89 valence electrons. The van der Waals surface area contributed by atoms with E-state index in [4.69, 9.17) is 0 Å². The molecule has 0 aromatic heterocycles. The highest BCUT2D eigenvalue weighted by Crippen LogP contribution is 2.44. The van der Waals surface area contributed by atoms with Crippen LogP contribution in [0.4, 0.5) is 0 Å². The quantitative estimate of drug-likeness (QED) is 0.655. The molecule has 0 N–H and O–H groups in total. The largest absolute Gasteiger partial charge is 0.0658 e. The number of allylic oxidation sites excluding steroid dienone is 10. The Morgan fingerprint density at radius 2 is 1.79 bits per heavy atom. The summed E-state index contributed by atoms with van der Waals surface area (Å²) in [6.45, 7) is 0. The highest BCUT2D eigenvalue weighted by molar-refractivity contribution is 5.80. The van der Waals surface area contributed by atoms with Gasteiger partial charge in [-0.15, -0.1) is 0 Å². The van der Waals surface area contributed by atoms with Gasteiger partial charge in [0, 0.05) is 0 Å². The average Bonchev–Trinajstić information content (AvgIpc) is 2.66. The number of rotatable bonds is 0. The second-order valence-electron chi connectivity index (χ2n) is 5.01. The SMILES string of the molecule is [C]1=CC=CC23C=CC=CC=C2C=c2ccccc2=C13. The molecule has 1 spiro atoms. The van der Waals surface area contributed by atoms with Crippen molar-refractivity contribution in [2.24, 2.45) is 5.41 Å². The number of hydrogen-bond acceptors (Lipinski definition) is 0. The van der Waals surface area contributed by atoms with Gasteiger partial charge < -0.3 is 0 Å². The Labute approximate surface area is 112 Å². The monoisotopic (exact) mass is 241 g/mol. The minimum absolute atomic E-state index is 0.146. The van der Waals surface area contributed by atoms with Crippen molar-refractivity contribution in [1.29, 1.82) is 0 Å². The maximum absolute atomic E-state index is 3.46. The van der Waals surface area contributed by atoms with E-state index in [1.54, 1.807) is 0 Å². The Bertz CT molecular complexity index is 810. The Hall–Kier alpha value is -2.34. The molecule has 3 aliphatic rings. The standard InChI is InChI=1S/C19H13/c1-2-9-16-14-15-8-3-4-10-17(15)18-11-5-7-13-19(16,18)12-6-1/h1-10,12-14H. The molecular weight excluding hydrogens is 228 g/mol. The van der Waals surface area contributed by atoms with E-state index in [9.17, 15) is 0 Å². The Morgan fingerprint density at radius 3 is 2.79 bits per heavy atom. The Kier molecular flexibility index (Phi) is 2.13. The van der Waals surface area contributed by atoms with Crippen molar-refractivity contribution in [2.45, 2.75) is 0 Å². The van der Waals surface area contributed by atoms with Crippen molar-refractivity contribution in [3.05, 3.63) is 95.0 Å². The van der Waals surface area contributed by atoms with Crippen molar-refractivity contribution in [1.82, 2.24) is 0 Å². The molecule has 0 nitrogen and oxygen atoms in total. The van der Waals surface area contributed by atoms with Gasteiger partial charge in [-0.2, -0.15) is 0 Å². The van der Waals surface area contributed by atoms with Gasteiger partial charge in [0.05, 0.1) is 5.41 Å². The molecule has 0 bridgehead atoms. The summed E-state index contributed by atoms with van der Waals surface area (Å²) in [5.41, 5.74) is 2.41.